The number of carbonyl (C=O) groups is 1. The Hall–Kier alpha value is -2.69. The van der Waals surface area contributed by atoms with Gasteiger partial charge in [-0.2, -0.15) is 0 Å². The van der Waals surface area contributed by atoms with Crippen LogP contribution in [0.15, 0.2) is 36.7 Å². The molecule has 27 heavy (non-hydrogen) atoms. The second-order valence-electron chi connectivity index (χ2n) is 7.50. The molecule has 1 aliphatic heterocycles. The van der Waals surface area contributed by atoms with Crippen molar-refractivity contribution in [3.63, 3.8) is 0 Å². The van der Waals surface area contributed by atoms with Crippen molar-refractivity contribution in [2.75, 3.05) is 13.1 Å². The van der Waals surface area contributed by atoms with E-state index in [9.17, 15) is 4.79 Å². The molecule has 2 aromatic heterocycles. The van der Waals surface area contributed by atoms with Gasteiger partial charge in [0.05, 0.1) is 11.1 Å². The highest BCUT2D eigenvalue weighted by Crippen LogP contribution is 2.28. The average molecular weight is 362 g/mol. The Balaban J connectivity index is 1.68. The van der Waals surface area contributed by atoms with E-state index in [1.807, 2.05) is 43.4 Å². The maximum Gasteiger partial charge on any atom is 0.254 e. The summed E-state index contributed by atoms with van der Waals surface area (Å²) in [6.07, 6.45) is 6.84. The topological polar surface area (TPSA) is 51.0 Å². The predicted octanol–water partition coefficient (Wildman–Crippen LogP) is 3.86. The molecule has 0 N–H and O–H groups in total. The summed E-state index contributed by atoms with van der Waals surface area (Å²) in [5.74, 6) is 1.47. The van der Waals surface area contributed by atoms with Crippen molar-refractivity contribution in [2.45, 2.75) is 39.0 Å². The monoisotopic (exact) mass is 362 g/mol. The number of likely N-dealkylation sites (tertiary alicyclic amines) is 1. The number of rotatable bonds is 3. The molecule has 0 aliphatic carbocycles. The first-order valence-electron chi connectivity index (χ1n) is 9.73. The summed E-state index contributed by atoms with van der Waals surface area (Å²) in [6, 6.07) is 8.19. The minimum absolute atomic E-state index is 0.109. The first kappa shape index (κ1) is 17.7. The Kier molecular flexibility index (Phi) is 4.68. The molecule has 5 nitrogen and oxygen atoms in total. The number of nitrogens with zero attached hydrogens (tertiary/aromatic N) is 4. The minimum Gasteiger partial charge on any atom is -0.338 e. The lowest BCUT2D eigenvalue weighted by molar-refractivity contribution is 0.0705. The first-order chi connectivity index (χ1) is 13.1. The van der Waals surface area contributed by atoms with E-state index in [1.54, 1.807) is 0 Å². The fourth-order valence-corrected chi connectivity index (χ4v) is 4.12. The van der Waals surface area contributed by atoms with E-state index in [4.69, 9.17) is 0 Å². The Bertz CT molecular complexity index is 991. The van der Waals surface area contributed by atoms with Gasteiger partial charge in [-0.1, -0.05) is 13.0 Å². The van der Waals surface area contributed by atoms with Crippen LogP contribution in [0, 0.1) is 6.92 Å². The quantitative estimate of drug-likeness (QED) is 0.711. The highest BCUT2D eigenvalue weighted by molar-refractivity contribution is 6.06. The van der Waals surface area contributed by atoms with Gasteiger partial charge < -0.3 is 9.47 Å². The van der Waals surface area contributed by atoms with Crippen LogP contribution in [0.3, 0.4) is 0 Å². The van der Waals surface area contributed by atoms with Crippen molar-refractivity contribution in [1.82, 2.24) is 19.4 Å². The van der Waals surface area contributed by atoms with Gasteiger partial charge in [-0.15, -0.1) is 0 Å². The zero-order valence-corrected chi connectivity index (χ0v) is 16.3. The van der Waals surface area contributed by atoms with E-state index in [2.05, 4.69) is 33.6 Å². The maximum absolute atomic E-state index is 13.4. The van der Waals surface area contributed by atoms with Crippen LogP contribution < -0.4 is 0 Å². The Morgan fingerprint density at radius 3 is 2.89 bits per heavy atom. The van der Waals surface area contributed by atoms with E-state index in [0.717, 1.165) is 60.3 Å². The number of aromatic nitrogens is 3. The number of hydrogen-bond donors (Lipinski definition) is 0. The third kappa shape index (κ3) is 3.34. The summed E-state index contributed by atoms with van der Waals surface area (Å²) in [4.78, 5) is 24.6. The summed E-state index contributed by atoms with van der Waals surface area (Å²) in [7, 11) is 2.02. The number of pyridine rings is 1. The van der Waals surface area contributed by atoms with Crippen LogP contribution in [0.25, 0.3) is 10.9 Å². The van der Waals surface area contributed by atoms with Gasteiger partial charge in [-0.25, -0.2) is 4.98 Å². The predicted molar refractivity (Wildman–Crippen MR) is 107 cm³/mol. The molecule has 0 bridgehead atoms. The second-order valence-corrected chi connectivity index (χ2v) is 7.50. The van der Waals surface area contributed by atoms with Crippen LogP contribution in [0.1, 0.15) is 53.1 Å². The lowest BCUT2D eigenvalue weighted by atomic mass is 9.95. The molecule has 1 amide bonds. The van der Waals surface area contributed by atoms with Gasteiger partial charge in [0.2, 0.25) is 0 Å². The van der Waals surface area contributed by atoms with Gasteiger partial charge >= 0.3 is 0 Å². The number of fused-ring (bicyclic) bond motifs is 1. The van der Waals surface area contributed by atoms with E-state index in [0.29, 0.717) is 5.92 Å². The molecule has 1 atom stereocenters. The summed E-state index contributed by atoms with van der Waals surface area (Å²) >= 11 is 0. The number of piperidine rings is 1. The molecule has 1 saturated heterocycles. The first-order valence-corrected chi connectivity index (χ1v) is 9.73. The van der Waals surface area contributed by atoms with E-state index in [1.165, 1.54) is 5.56 Å². The van der Waals surface area contributed by atoms with E-state index in [-0.39, 0.29) is 5.91 Å². The van der Waals surface area contributed by atoms with Crippen molar-refractivity contribution in [2.24, 2.45) is 7.05 Å². The molecule has 0 spiro atoms. The number of carbonyl (C=O) groups excluding carboxylic acids is 1. The molecular formula is C22H26N4O. The number of aryl methyl sites for hydroxylation is 3. The van der Waals surface area contributed by atoms with Crippen molar-refractivity contribution in [3.8, 4) is 0 Å². The van der Waals surface area contributed by atoms with Crippen LogP contribution >= 0.6 is 0 Å². The lowest BCUT2D eigenvalue weighted by Gasteiger charge is -2.32. The summed E-state index contributed by atoms with van der Waals surface area (Å²) in [5, 5.41) is 0.962. The lowest BCUT2D eigenvalue weighted by Crippen LogP contribution is -2.39. The summed E-state index contributed by atoms with van der Waals surface area (Å²) in [6.45, 7) is 5.61. The van der Waals surface area contributed by atoms with Gasteiger partial charge in [0.25, 0.3) is 5.91 Å². The third-order valence-corrected chi connectivity index (χ3v) is 5.57. The molecular weight excluding hydrogens is 336 g/mol. The van der Waals surface area contributed by atoms with Crippen molar-refractivity contribution >= 4 is 16.8 Å². The van der Waals surface area contributed by atoms with Crippen molar-refractivity contribution in [1.29, 1.82) is 0 Å². The largest absolute Gasteiger partial charge is 0.338 e. The highest BCUT2D eigenvalue weighted by atomic mass is 16.2. The summed E-state index contributed by atoms with van der Waals surface area (Å²) < 4.78 is 2.07. The molecule has 0 saturated carbocycles. The fourth-order valence-electron chi connectivity index (χ4n) is 4.12. The minimum atomic E-state index is 0.109. The zero-order chi connectivity index (χ0) is 19.0. The number of imidazole rings is 1. The van der Waals surface area contributed by atoms with Crippen molar-refractivity contribution < 1.29 is 4.79 Å². The van der Waals surface area contributed by atoms with E-state index < -0.39 is 0 Å². The highest BCUT2D eigenvalue weighted by Gasteiger charge is 2.28. The number of amides is 1. The number of hydrogen-bond acceptors (Lipinski definition) is 3. The second kappa shape index (κ2) is 7.14. The molecule has 1 fully saturated rings. The van der Waals surface area contributed by atoms with Crippen molar-refractivity contribution in [3.05, 3.63) is 59.3 Å². The molecule has 5 heteroatoms. The van der Waals surface area contributed by atoms with Gasteiger partial charge in [0.1, 0.15) is 5.82 Å². The van der Waals surface area contributed by atoms with Gasteiger partial charge in [-0.05, 0) is 49.9 Å². The van der Waals surface area contributed by atoms with Crippen LogP contribution in [-0.4, -0.2) is 38.4 Å². The SMILES string of the molecule is CCc1ccc2nc(C)cc(C(=O)N3CCC[C@H](c4nccn4C)C3)c2c1. The van der Waals surface area contributed by atoms with Gasteiger partial charge in [0, 0.05) is 49.5 Å². The average Bonchev–Trinajstić information content (AvgIpc) is 3.12. The van der Waals surface area contributed by atoms with Gasteiger partial charge in [0.15, 0.2) is 0 Å². The van der Waals surface area contributed by atoms with Crippen LogP contribution in [0.4, 0.5) is 0 Å². The Morgan fingerprint density at radius 1 is 1.30 bits per heavy atom. The fraction of sp³-hybridized carbons (Fsp3) is 0.409. The maximum atomic E-state index is 13.4. The zero-order valence-electron chi connectivity index (χ0n) is 16.3. The van der Waals surface area contributed by atoms with Crippen LogP contribution in [0.2, 0.25) is 0 Å². The molecule has 1 aliphatic rings. The number of benzene rings is 1. The Morgan fingerprint density at radius 2 is 2.15 bits per heavy atom. The molecule has 3 heterocycles. The molecule has 140 valence electrons. The summed E-state index contributed by atoms with van der Waals surface area (Å²) in [5.41, 5.74) is 3.78. The molecule has 0 radical (unpaired) electrons. The normalized spacial score (nSPS) is 17.4. The molecule has 3 aromatic rings. The van der Waals surface area contributed by atoms with Gasteiger partial charge in [-0.3, -0.25) is 9.78 Å². The Labute approximate surface area is 160 Å². The molecule has 0 unspecified atom stereocenters. The van der Waals surface area contributed by atoms with E-state index >= 15 is 0 Å². The van der Waals surface area contributed by atoms with Crippen LogP contribution in [0.5, 0.6) is 0 Å². The molecule has 1 aromatic carbocycles. The molecule has 4 rings (SSSR count). The standard InChI is InChI=1S/C22H26N4O/c1-4-16-7-8-20-18(13-16)19(12-15(2)24-20)22(27)26-10-5-6-17(14-26)21-23-9-11-25(21)3/h7-9,11-13,17H,4-6,10,14H2,1-3H3/t17-/m0/s1. The smallest absolute Gasteiger partial charge is 0.254 e. The van der Waals surface area contributed by atoms with Crippen LogP contribution in [-0.2, 0) is 13.5 Å². The third-order valence-electron chi connectivity index (χ3n) is 5.57.